The Bertz CT molecular complexity index is 371. The van der Waals surface area contributed by atoms with Crippen molar-refractivity contribution in [3.05, 3.63) is 5.69 Å². The molecule has 0 amide bonds. The Kier molecular flexibility index (Phi) is 5.47. The van der Waals surface area contributed by atoms with Gasteiger partial charge in [-0.1, -0.05) is 20.8 Å². The van der Waals surface area contributed by atoms with Crippen LogP contribution in [0.3, 0.4) is 0 Å². The van der Waals surface area contributed by atoms with Crippen LogP contribution in [-0.4, -0.2) is 34.1 Å². The zero-order chi connectivity index (χ0) is 13.7. The molecule has 1 rings (SSSR count). The van der Waals surface area contributed by atoms with Crippen LogP contribution in [0, 0.1) is 0 Å². The highest BCUT2D eigenvalue weighted by atomic mass is 16.3. The van der Waals surface area contributed by atoms with Crippen molar-refractivity contribution in [2.24, 2.45) is 7.05 Å². The average molecular weight is 254 g/mol. The molecule has 0 aliphatic heterocycles. The average Bonchev–Trinajstić information content (AvgIpc) is 2.65. The molecule has 0 fully saturated rings. The fourth-order valence-corrected chi connectivity index (χ4v) is 2.49. The summed E-state index contributed by atoms with van der Waals surface area (Å²) in [4.78, 5) is 2.18. The van der Waals surface area contributed by atoms with E-state index in [-0.39, 0.29) is 6.61 Å². The molecule has 0 saturated carbocycles. The number of rotatable bonds is 7. The van der Waals surface area contributed by atoms with E-state index < -0.39 is 0 Å². The molecule has 0 atom stereocenters. The number of hydrogen-bond donors (Lipinski definition) is 2. The van der Waals surface area contributed by atoms with Crippen LogP contribution in [0.5, 0.6) is 0 Å². The van der Waals surface area contributed by atoms with Crippen molar-refractivity contribution in [2.75, 3.05) is 23.8 Å². The molecule has 0 saturated heterocycles. The van der Waals surface area contributed by atoms with Crippen molar-refractivity contribution in [1.29, 1.82) is 0 Å². The van der Waals surface area contributed by atoms with Gasteiger partial charge in [0.15, 0.2) is 5.82 Å². The molecule has 104 valence electrons. The summed E-state index contributed by atoms with van der Waals surface area (Å²) in [6.45, 7) is 7.09. The normalized spacial score (nSPS) is 11.2. The molecule has 3 N–H and O–H groups in total. The molecule has 0 radical (unpaired) electrons. The van der Waals surface area contributed by atoms with Crippen LogP contribution in [0.1, 0.15) is 39.3 Å². The van der Waals surface area contributed by atoms with E-state index >= 15 is 0 Å². The predicted octanol–water partition coefficient (Wildman–Crippen LogP) is 1.55. The summed E-state index contributed by atoms with van der Waals surface area (Å²) >= 11 is 0. The Morgan fingerprint density at radius 2 is 1.94 bits per heavy atom. The third kappa shape index (κ3) is 2.77. The molecule has 0 unspecified atom stereocenters. The van der Waals surface area contributed by atoms with Gasteiger partial charge in [-0.2, -0.15) is 5.10 Å². The summed E-state index contributed by atoms with van der Waals surface area (Å²) in [6, 6.07) is 0.388. The van der Waals surface area contributed by atoms with Gasteiger partial charge in [0.1, 0.15) is 0 Å². The zero-order valence-corrected chi connectivity index (χ0v) is 12.0. The lowest BCUT2D eigenvalue weighted by atomic mass is 10.1. The molecule has 5 heteroatoms. The number of anilines is 2. The Balaban J connectivity index is 3.16. The van der Waals surface area contributed by atoms with Gasteiger partial charge in [0.2, 0.25) is 0 Å². The lowest BCUT2D eigenvalue weighted by molar-refractivity contribution is 0.295. The highest BCUT2D eigenvalue weighted by Crippen LogP contribution is 2.29. The fraction of sp³-hybridized carbons (Fsp3) is 0.769. The Morgan fingerprint density at radius 1 is 1.33 bits per heavy atom. The van der Waals surface area contributed by atoms with Crippen LogP contribution in [0.4, 0.5) is 11.5 Å². The zero-order valence-electron chi connectivity index (χ0n) is 12.0. The fourth-order valence-electron chi connectivity index (χ4n) is 2.49. The lowest BCUT2D eigenvalue weighted by Gasteiger charge is -2.32. The number of aliphatic hydroxyl groups is 1. The minimum atomic E-state index is 0.128. The molecule has 0 spiro atoms. The predicted molar refractivity (Wildman–Crippen MR) is 75.8 cm³/mol. The van der Waals surface area contributed by atoms with E-state index in [2.05, 4.69) is 30.8 Å². The van der Waals surface area contributed by atoms with Crippen molar-refractivity contribution in [1.82, 2.24) is 9.78 Å². The van der Waals surface area contributed by atoms with E-state index in [4.69, 9.17) is 5.73 Å². The molecule has 5 nitrogen and oxygen atoms in total. The maximum atomic E-state index is 9.27. The second kappa shape index (κ2) is 6.64. The van der Waals surface area contributed by atoms with E-state index in [1.807, 2.05) is 11.7 Å². The smallest absolute Gasteiger partial charge is 0.150 e. The van der Waals surface area contributed by atoms with Gasteiger partial charge in [0, 0.05) is 19.6 Å². The second-order valence-corrected chi connectivity index (χ2v) is 4.55. The lowest BCUT2D eigenvalue weighted by Crippen LogP contribution is -2.38. The summed E-state index contributed by atoms with van der Waals surface area (Å²) in [5, 5.41) is 13.7. The molecule has 1 heterocycles. The number of hydrogen-bond acceptors (Lipinski definition) is 4. The SMILES string of the molecule is CCc1nn(C)c(N(CCO)C(CC)CC)c1N. The van der Waals surface area contributed by atoms with Crippen LogP contribution in [0.2, 0.25) is 0 Å². The maximum absolute atomic E-state index is 9.27. The van der Waals surface area contributed by atoms with Crippen LogP contribution < -0.4 is 10.6 Å². The van der Waals surface area contributed by atoms with E-state index in [9.17, 15) is 5.11 Å². The molecule has 1 aromatic rings. The van der Waals surface area contributed by atoms with Gasteiger partial charge in [-0.05, 0) is 19.3 Å². The van der Waals surface area contributed by atoms with Crippen molar-refractivity contribution in [3.63, 3.8) is 0 Å². The third-order valence-electron chi connectivity index (χ3n) is 3.46. The van der Waals surface area contributed by atoms with E-state index in [0.29, 0.717) is 12.6 Å². The Labute approximate surface area is 110 Å². The molecular weight excluding hydrogens is 228 g/mol. The standard InChI is InChI=1S/C13H26N4O/c1-5-10(6-2)17(8-9-18)13-12(14)11(7-3)15-16(13)4/h10,18H,5-9,14H2,1-4H3. The monoisotopic (exact) mass is 254 g/mol. The number of aryl methyl sites for hydroxylation is 2. The molecule has 0 bridgehead atoms. The van der Waals surface area contributed by atoms with E-state index in [1.54, 1.807) is 0 Å². The topological polar surface area (TPSA) is 67.3 Å². The number of aliphatic hydroxyl groups excluding tert-OH is 1. The Hall–Kier alpha value is -1.23. The van der Waals surface area contributed by atoms with Crippen molar-refractivity contribution in [3.8, 4) is 0 Å². The minimum absolute atomic E-state index is 0.128. The first-order chi connectivity index (χ1) is 8.60. The van der Waals surface area contributed by atoms with Gasteiger partial charge in [-0.15, -0.1) is 0 Å². The van der Waals surface area contributed by atoms with Gasteiger partial charge in [-0.25, -0.2) is 0 Å². The summed E-state index contributed by atoms with van der Waals surface area (Å²) < 4.78 is 1.84. The number of nitrogen functional groups attached to an aromatic ring is 1. The number of nitrogens with two attached hydrogens (primary N) is 1. The first-order valence-electron chi connectivity index (χ1n) is 6.79. The first kappa shape index (κ1) is 14.8. The van der Waals surface area contributed by atoms with Gasteiger partial charge in [-0.3, -0.25) is 4.68 Å². The van der Waals surface area contributed by atoms with Gasteiger partial charge < -0.3 is 15.7 Å². The van der Waals surface area contributed by atoms with Crippen LogP contribution >= 0.6 is 0 Å². The molecular formula is C13H26N4O. The quantitative estimate of drug-likeness (QED) is 0.775. The molecule has 0 aromatic carbocycles. The summed E-state index contributed by atoms with van der Waals surface area (Å²) in [6.07, 6.45) is 2.89. The molecule has 0 aliphatic carbocycles. The summed E-state index contributed by atoms with van der Waals surface area (Å²) in [5.41, 5.74) is 7.87. The molecule has 0 aliphatic rings. The van der Waals surface area contributed by atoms with Crippen LogP contribution in [0.25, 0.3) is 0 Å². The Morgan fingerprint density at radius 3 is 2.33 bits per heavy atom. The third-order valence-corrected chi connectivity index (χ3v) is 3.46. The minimum Gasteiger partial charge on any atom is -0.395 e. The number of nitrogens with zero attached hydrogens (tertiary/aromatic N) is 3. The van der Waals surface area contributed by atoms with Crippen LogP contribution in [-0.2, 0) is 13.5 Å². The summed E-state index contributed by atoms with van der Waals surface area (Å²) in [5.74, 6) is 0.939. The highest BCUT2D eigenvalue weighted by molar-refractivity contribution is 5.67. The van der Waals surface area contributed by atoms with Crippen molar-refractivity contribution in [2.45, 2.75) is 46.1 Å². The second-order valence-electron chi connectivity index (χ2n) is 4.55. The first-order valence-corrected chi connectivity index (χ1v) is 6.79. The van der Waals surface area contributed by atoms with E-state index in [1.165, 1.54) is 0 Å². The van der Waals surface area contributed by atoms with E-state index in [0.717, 1.165) is 36.5 Å². The van der Waals surface area contributed by atoms with Crippen molar-refractivity contribution >= 4 is 11.5 Å². The summed E-state index contributed by atoms with van der Waals surface area (Å²) in [7, 11) is 1.91. The largest absolute Gasteiger partial charge is 0.395 e. The van der Waals surface area contributed by atoms with Gasteiger partial charge in [0.25, 0.3) is 0 Å². The van der Waals surface area contributed by atoms with Gasteiger partial charge in [0.05, 0.1) is 18.0 Å². The molecule has 1 aromatic heterocycles. The number of aromatic nitrogens is 2. The van der Waals surface area contributed by atoms with Crippen molar-refractivity contribution < 1.29 is 5.11 Å². The molecule has 18 heavy (non-hydrogen) atoms. The highest BCUT2D eigenvalue weighted by Gasteiger charge is 2.23. The van der Waals surface area contributed by atoms with Gasteiger partial charge >= 0.3 is 0 Å². The maximum Gasteiger partial charge on any atom is 0.150 e. The van der Waals surface area contributed by atoms with Crippen LogP contribution in [0.15, 0.2) is 0 Å².